The number of fused-ring (bicyclic) bond motifs is 2. The van der Waals surface area contributed by atoms with Gasteiger partial charge in [-0.25, -0.2) is 0 Å². The van der Waals surface area contributed by atoms with Crippen LogP contribution in [-0.4, -0.2) is 0 Å². The third-order valence-electron chi connectivity index (χ3n) is 2.90. The average Bonchev–Trinajstić information content (AvgIpc) is 2.65. The molecule has 0 aliphatic heterocycles. The zero-order chi connectivity index (χ0) is 8.67. The molecule has 0 bridgehead atoms. The topological polar surface area (TPSA) is 0 Å². The van der Waals surface area contributed by atoms with Crippen molar-refractivity contribution < 1.29 is 0 Å². The first-order chi connectivity index (χ1) is 6.45. The summed E-state index contributed by atoms with van der Waals surface area (Å²) < 4.78 is 0. The normalized spacial score (nSPS) is 28.9. The van der Waals surface area contributed by atoms with E-state index in [-0.39, 0.29) is 0 Å². The lowest BCUT2D eigenvalue weighted by molar-refractivity contribution is 0.880. The standard InChI is InChI=1S/C13H11/c1-2-6-12-10(4-1)8-9-11-5-3-7-13(11)12/h1-8,12H,9H2. The van der Waals surface area contributed by atoms with Gasteiger partial charge in [0.2, 0.25) is 0 Å². The van der Waals surface area contributed by atoms with Crippen LogP contribution >= 0.6 is 0 Å². The van der Waals surface area contributed by atoms with Gasteiger partial charge in [0.15, 0.2) is 0 Å². The third-order valence-corrected chi connectivity index (χ3v) is 2.90. The highest BCUT2D eigenvalue weighted by molar-refractivity contribution is 5.55. The molecule has 0 spiro atoms. The average molecular weight is 167 g/mol. The Morgan fingerprint density at radius 1 is 1.08 bits per heavy atom. The van der Waals surface area contributed by atoms with Gasteiger partial charge in [0.25, 0.3) is 0 Å². The summed E-state index contributed by atoms with van der Waals surface area (Å²) >= 11 is 0. The Bertz CT molecular complexity index is 386. The summed E-state index contributed by atoms with van der Waals surface area (Å²) in [7, 11) is 0. The number of hydrogen-bond donors (Lipinski definition) is 0. The van der Waals surface area contributed by atoms with E-state index < -0.39 is 0 Å². The van der Waals surface area contributed by atoms with E-state index in [1.807, 2.05) is 0 Å². The molecule has 0 aromatic heterocycles. The highest BCUT2D eigenvalue weighted by Crippen LogP contribution is 2.38. The molecule has 1 unspecified atom stereocenters. The molecular weight excluding hydrogens is 156 g/mol. The Labute approximate surface area is 78.7 Å². The Hall–Kier alpha value is -1.30. The lowest BCUT2D eigenvalue weighted by atomic mass is 9.80. The van der Waals surface area contributed by atoms with E-state index in [9.17, 15) is 0 Å². The molecule has 0 saturated carbocycles. The zero-order valence-corrected chi connectivity index (χ0v) is 7.40. The highest BCUT2D eigenvalue weighted by atomic mass is 14.3. The van der Waals surface area contributed by atoms with Crippen LogP contribution < -0.4 is 0 Å². The molecule has 0 fully saturated rings. The molecule has 13 heavy (non-hydrogen) atoms. The van der Waals surface area contributed by atoms with Crippen molar-refractivity contribution in [1.29, 1.82) is 0 Å². The number of rotatable bonds is 0. The molecule has 0 N–H and O–H groups in total. The van der Waals surface area contributed by atoms with Gasteiger partial charge in [0.1, 0.15) is 0 Å². The SMILES string of the molecule is [CH]1C=CC2=C1C1C=CC=CC1=CC2. The second-order valence-corrected chi connectivity index (χ2v) is 3.64. The van der Waals surface area contributed by atoms with Crippen LogP contribution in [0.3, 0.4) is 0 Å². The van der Waals surface area contributed by atoms with E-state index in [1.165, 1.54) is 16.7 Å². The van der Waals surface area contributed by atoms with Crippen molar-refractivity contribution in [3.05, 3.63) is 65.7 Å². The Kier molecular flexibility index (Phi) is 1.42. The molecule has 0 heterocycles. The van der Waals surface area contributed by atoms with Gasteiger partial charge in [-0.1, -0.05) is 42.5 Å². The fourth-order valence-corrected chi connectivity index (χ4v) is 2.22. The molecule has 0 amide bonds. The number of allylic oxidation sites excluding steroid dienone is 10. The van der Waals surface area contributed by atoms with Crippen LogP contribution in [0.4, 0.5) is 0 Å². The molecule has 3 aliphatic carbocycles. The van der Waals surface area contributed by atoms with Gasteiger partial charge in [-0.2, -0.15) is 0 Å². The maximum atomic E-state index is 2.34. The summed E-state index contributed by atoms with van der Waals surface area (Å²) in [5.74, 6) is 0.531. The fourth-order valence-electron chi connectivity index (χ4n) is 2.22. The molecule has 0 saturated heterocycles. The first-order valence-corrected chi connectivity index (χ1v) is 4.74. The monoisotopic (exact) mass is 167 g/mol. The van der Waals surface area contributed by atoms with Crippen molar-refractivity contribution in [3.63, 3.8) is 0 Å². The maximum Gasteiger partial charge on any atom is 0.0240 e. The van der Waals surface area contributed by atoms with Crippen molar-refractivity contribution >= 4 is 0 Å². The van der Waals surface area contributed by atoms with Crippen LogP contribution in [0.2, 0.25) is 0 Å². The molecule has 0 nitrogen and oxygen atoms in total. The summed E-state index contributed by atoms with van der Waals surface area (Å²) in [6.45, 7) is 0. The van der Waals surface area contributed by atoms with E-state index in [0.29, 0.717) is 5.92 Å². The van der Waals surface area contributed by atoms with Gasteiger partial charge in [-0.3, -0.25) is 0 Å². The lowest BCUT2D eigenvalue weighted by Crippen LogP contribution is -2.10. The minimum absolute atomic E-state index is 0.531. The third kappa shape index (κ3) is 0.983. The summed E-state index contributed by atoms with van der Waals surface area (Å²) in [4.78, 5) is 0. The second kappa shape index (κ2) is 2.59. The maximum absolute atomic E-state index is 2.34. The first kappa shape index (κ1) is 7.14. The van der Waals surface area contributed by atoms with Gasteiger partial charge < -0.3 is 0 Å². The summed E-state index contributed by atoms with van der Waals surface area (Å²) in [6.07, 6.45) is 18.9. The predicted molar refractivity (Wildman–Crippen MR) is 54.9 cm³/mol. The molecule has 63 valence electrons. The van der Waals surface area contributed by atoms with Crippen molar-refractivity contribution in [1.82, 2.24) is 0 Å². The van der Waals surface area contributed by atoms with Gasteiger partial charge in [0.05, 0.1) is 0 Å². The minimum atomic E-state index is 0.531. The van der Waals surface area contributed by atoms with Crippen LogP contribution in [0.15, 0.2) is 59.3 Å². The molecule has 0 heteroatoms. The fraction of sp³-hybridized carbons (Fsp3) is 0.154. The van der Waals surface area contributed by atoms with E-state index >= 15 is 0 Å². The van der Waals surface area contributed by atoms with Crippen molar-refractivity contribution in [2.75, 3.05) is 0 Å². The second-order valence-electron chi connectivity index (χ2n) is 3.64. The quantitative estimate of drug-likeness (QED) is 0.520. The molecule has 3 rings (SSSR count). The molecule has 0 aromatic rings. The van der Waals surface area contributed by atoms with Gasteiger partial charge in [0, 0.05) is 12.3 Å². The Morgan fingerprint density at radius 2 is 2.08 bits per heavy atom. The molecule has 1 radical (unpaired) electrons. The van der Waals surface area contributed by atoms with E-state index in [0.717, 1.165) is 6.42 Å². The summed E-state index contributed by atoms with van der Waals surface area (Å²) in [5, 5.41) is 0. The molecule has 0 aromatic carbocycles. The predicted octanol–water partition coefficient (Wildman–Crippen LogP) is 3.13. The molecular formula is C13H11. The van der Waals surface area contributed by atoms with Crippen LogP contribution in [0.1, 0.15) is 6.42 Å². The Morgan fingerprint density at radius 3 is 3.08 bits per heavy atom. The summed E-state index contributed by atoms with van der Waals surface area (Å²) in [6, 6.07) is 0. The van der Waals surface area contributed by atoms with Crippen LogP contribution in [-0.2, 0) is 0 Å². The van der Waals surface area contributed by atoms with Crippen LogP contribution in [0.5, 0.6) is 0 Å². The van der Waals surface area contributed by atoms with Gasteiger partial charge >= 0.3 is 0 Å². The summed E-state index contributed by atoms with van der Waals surface area (Å²) in [5.41, 5.74) is 4.45. The van der Waals surface area contributed by atoms with E-state index in [4.69, 9.17) is 0 Å². The zero-order valence-electron chi connectivity index (χ0n) is 7.40. The van der Waals surface area contributed by atoms with Crippen LogP contribution in [0.25, 0.3) is 0 Å². The molecule has 3 aliphatic rings. The molecule has 1 atom stereocenters. The highest BCUT2D eigenvalue weighted by Gasteiger charge is 2.23. The first-order valence-electron chi connectivity index (χ1n) is 4.74. The van der Waals surface area contributed by atoms with Crippen molar-refractivity contribution in [3.8, 4) is 0 Å². The van der Waals surface area contributed by atoms with E-state index in [1.54, 1.807) is 0 Å². The van der Waals surface area contributed by atoms with Gasteiger partial charge in [-0.05, 0) is 23.1 Å². The Balaban J connectivity index is 2.05. The smallest absolute Gasteiger partial charge is 0.0240 e. The van der Waals surface area contributed by atoms with Crippen LogP contribution in [0, 0.1) is 12.3 Å². The van der Waals surface area contributed by atoms with Gasteiger partial charge in [-0.15, -0.1) is 0 Å². The lowest BCUT2D eigenvalue weighted by Gasteiger charge is -2.24. The van der Waals surface area contributed by atoms with Crippen molar-refractivity contribution in [2.24, 2.45) is 5.92 Å². The largest absolute Gasteiger partial charge is 0.0761 e. The van der Waals surface area contributed by atoms with E-state index in [2.05, 4.69) is 49.0 Å². The minimum Gasteiger partial charge on any atom is -0.0761 e. The van der Waals surface area contributed by atoms with Crippen molar-refractivity contribution in [2.45, 2.75) is 6.42 Å². The number of hydrogen-bond acceptors (Lipinski definition) is 0.